The highest BCUT2D eigenvalue weighted by Gasteiger charge is 2.16. The van der Waals surface area contributed by atoms with Gasteiger partial charge in [0.05, 0.1) is 11.2 Å². The molecule has 0 radical (unpaired) electrons. The van der Waals surface area contributed by atoms with E-state index in [1.165, 1.54) is 5.57 Å². The molecule has 2 heterocycles. The number of fused-ring (bicyclic) bond motifs is 1. The Labute approximate surface area is 125 Å². The number of pyridine rings is 1. The van der Waals surface area contributed by atoms with Crippen LogP contribution in [0.2, 0.25) is 0 Å². The summed E-state index contributed by atoms with van der Waals surface area (Å²) in [6, 6.07) is 7.75. The second kappa shape index (κ2) is 5.34. The number of nitrogens with zero attached hydrogens (tertiary/aromatic N) is 1. The standard InChI is InChI=1S/C15H14BrN3O/c1-9(11-6-17-7-11)15(20)19-13-4-2-3-10-5-12(16)8-18-14(10)13/h2-5,8,17H,6-7H2,1H3,(H,19,20). The molecular formula is C15H14BrN3O. The van der Waals surface area contributed by atoms with Crippen molar-refractivity contribution in [3.05, 3.63) is 46.1 Å². The van der Waals surface area contributed by atoms with Crippen LogP contribution < -0.4 is 10.6 Å². The van der Waals surface area contributed by atoms with Crippen molar-refractivity contribution in [3.8, 4) is 0 Å². The number of rotatable bonds is 2. The van der Waals surface area contributed by atoms with Crippen molar-refractivity contribution in [2.75, 3.05) is 18.4 Å². The van der Waals surface area contributed by atoms with Gasteiger partial charge in [-0.25, -0.2) is 0 Å². The maximum atomic E-state index is 12.2. The zero-order valence-corrected chi connectivity index (χ0v) is 12.6. The SMILES string of the molecule is CC(C(=O)Nc1cccc2cc(Br)cnc12)=C1CNC1. The molecule has 20 heavy (non-hydrogen) atoms. The van der Waals surface area contributed by atoms with Crippen LogP contribution in [-0.2, 0) is 4.79 Å². The predicted octanol–water partition coefficient (Wildman–Crippen LogP) is 2.86. The lowest BCUT2D eigenvalue weighted by atomic mass is 10.0. The lowest BCUT2D eigenvalue weighted by Crippen LogP contribution is -2.36. The van der Waals surface area contributed by atoms with Crippen molar-refractivity contribution >= 4 is 38.4 Å². The molecule has 1 saturated heterocycles. The summed E-state index contributed by atoms with van der Waals surface area (Å²) in [6.07, 6.45) is 1.74. The van der Waals surface area contributed by atoms with E-state index in [-0.39, 0.29) is 5.91 Å². The summed E-state index contributed by atoms with van der Waals surface area (Å²) in [6.45, 7) is 3.47. The minimum absolute atomic E-state index is 0.0567. The highest BCUT2D eigenvalue weighted by molar-refractivity contribution is 9.10. The van der Waals surface area contributed by atoms with E-state index in [2.05, 4.69) is 31.5 Å². The van der Waals surface area contributed by atoms with Gasteiger partial charge in [0.15, 0.2) is 0 Å². The molecule has 3 rings (SSSR count). The van der Waals surface area contributed by atoms with E-state index in [4.69, 9.17) is 0 Å². The number of carbonyl (C=O) groups excluding carboxylic acids is 1. The van der Waals surface area contributed by atoms with Crippen LogP contribution in [0.4, 0.5) is 5.69 Å². The topological polar surface area (TPSA) is 54.0 Å². The number of halogens is 1. The van der Waals surface area contributed by atoms with Crippen molar-refractivity contribution in [2.24, 2.45) is 0 Å². The number of carbonyl (C=O) groups is 1. The quantitative estimate of drug-likeness (QED) is 0.832. The average molecular weight is 332 g/mol. The summed E-state index contributed by atoms with van der Waals surface area (Å²) in [4.78, 5) is 16.6. The van der Waals surface area contributed by atoms with Gasteiger partial charge in [-0.15, -0.1) is 0 Å². The molecular weight excluding hydrogens is 318 g/mol. The lowest BCUT2D eigenvalue weighted by Gasteiger charge is -2.21. The maximum Gasteiger partial charge on any atom is 0.251 e. The third-order valence-electron chi connectivity index (χ3n) is 3.47. The summed E-state index contributed by atoms with van der Waals surface area (Å²) < 4.78 is 0.923. The Balaban J connectivity index is 1.93. The molecule has 1 aliphatic heterocycles. The first-order valence-electron chi connectivity index (χ1n) is 6.40. The fourth-order valence-electron chi connectivity index (χ4n) is 2.13. The second-order valence-corrected chi connectivity index (χ2v) is 5.73. The van der Waals surface area contributed by atoms with Gasteiger partial charge in [-0.1, -0.05) is 12.1 Å². The summed E-state index contributed by atoms with van der Waals surface area (Å²) in [5.74, 6) is -0.0567. The van der Waals surface area contributed by atoms with Gasteiger partial charge in [0.2, 0.25) is 0 Å². The van der Waals surface area contributed by atoms with Crippen LogP contribution >= 0.6 is 15.9 Å². The van der Waals surface area contributed by atoms with Gasteiger partial charge < -0.3 is 10.6 Å². The molecule has 0 spiro atoms. The van der Waals surface area contributed by atoms with Gasteiger partial charge >= 0.3 is 0 Å². The zero-order valence-electron chi connectivity index (χ0n) is 11.0. The maximum absolute atomic E-state index is 12.2. The van der Waals surface area contributed by atoms with Crippen LogP contribution in [0, 0.1) is 0 Å². The number of amides is 1. The molecule has 1 aromatic heterocycles. The Kier molecular flexibility index (Phi) is 3.54. The molecule has 5 heteroatoms. The normalized spacial score (nSPS) is 14.0. The first kappa shape index (κ1) is 13.3. The van der Waals surface area contributed by atoms with Crippen LogP contribution in [0.15, 0.2) is 46.1 Å². The van der Waals surface area contributed by atoms with Crippen molar-refractivity contribution in [2.45, 2.75) is 6.92 Å². The molecule has 0 saturated carbocycles. The predicted molar refractivity (Wildman–Crippen MR) is 83.6 cm³/mol. The molecule has 1 fully saturated rings. The van der Waals surface area contributed by atoms with Crippen LogP contribution in [0.3, 0.4) is 0 Å². The number of hydrogen-bond donors (Lipinski definition) is 2. The van der Waals surface area contributed by atoms with E-state index in [0.717, 1.165) is 39.7 Å². The van der Waals surface area contributed by atoms with E-state index >= 15 is 0 Å². The summed E-state index contributed by atoms with van der Waals surface area (Å²) in [7, 11) is 0. The number of hydrogen-bond acceptors (Lipinski definition) is 3. The second-order valence-electron chi connectivity index (χ2n) is 4.82. The lowest BCUT2D eigenvalue weighted by molar-refractivity contribution is -0.112. The van der Waals surface area contributed by atoms with Crippen molar-refractivity contribution in [1.82, 2.24) is 10.3 Å². The molecule has 4 nitrogen and oxygen atoms in total. The van der Waals surface area contributed by atoms with Gasteiger partial charge in [-0.05, 0) is 40.6 Å². The van der Waals surface area contributed by atoms with Gasteiger partial charge in [0, 0.05) is 34.7 Å². The number of para-hydroxylation sites is 1. The fourth-order valence-corrected chi connectivity index (χ4v) is 2.48. The van der Waals surface area contributed by atoms with Crippen molar-refractivity contribution in [3.63, 3.8) is 0 Å². The Bertz CT molecular complexity index is 718. The summed E-state index contributed by atoms with van der Waals surface area (Å²) in [5.41, 5.74) is 3.50. The number of anilines is 1. The monoisotopic (exact) mass is 331 g/mol. The number of aromatic nitrogens is 1. The van der Waals surface area contributed by atoms with E-state index < -0.39 is 0 Å². The Hall–Kier alpha value is -1.72. The average Bonchev–Trinajstić information content (AvgIpc) is 2.36. The van der Waals surface area contributed by atoms with Crippen LogP contribution in [0.25, 0.3) is 10.9 Å². The van der Waals surface area contributed by atoms with Gasteiger partial charge in [-0.3, -0.25) is 9.78 Å². The Morgan fingerprint density at radius 2 is 2.20 bits per heavy atom. The molecule has 102 valence electrons. The fraction of sp³-hybridized carbons (Fsp3) is 0.200. The zero-order chi connectivity index (χ0) is 14.1. The van der Waals surface area contributed by atoms with Crippen LogP contribution in [0.5, 0.6) is 0 Å². The highest BCUT2D eigenvalue weighted by atomic mass is 79.9. The largest absolute Gasteiger partial charge is 0.320 e. The molecule has 0 aliphatic carbocycles. The van der Waals surface area contributed by atoms with Gasteiger partial charge in [0.25, 0.3) is 5.91 Å². The minimum atomic E-state index is -0.0567. The molecule has 1 aliphatic rings. The Morgan fingerprint density at radius 3 is 2.90 bits per heavy atom. The highest BCUT2D eigenvalue weighted by Crippen LogP contribution is 2.24. The van der Waals surface area contributed by atoms with E-state index in [0.29, 0.717) is 0 Å². The summed E-state index contributed by atoms with van der Waals surface area (Å²) in [5, 5.41) is 7.09. The minimum Gasteiger partial charge on any atom is -0.320 e. The first-order chi connectivity index (χ1) is 9.65. The van der Waals surface area contributed by atoms with E-state index in [1.807, 2.05) is 31.2 Å². The third-order valence-corrected chi connectivity index (χ3v) is 3.91. The number of nitrogens with one attached hydrogen (secondary N) is 2. The molecule has 1 amide bonds. The van der Waals surface area contributed by atoms with Crippen LogP contribution in [0.1, 0.15) is 6.92 Å². The summed E-state index contributed by atoms with van der Waals surface area (Å²) >= 11 is 3.40. The molecule has 0 atom stereocenters. The smallest absolute Gasteiger partial charge is 0.251 e. The Morgan fingerprint density at radius 1 is 1.40 bits per heavy atom. The molecule has 0 bridgehead atoms. The van der Waals surface area contributed by atoms with Crippen molar-refractivity contribution in [1.29, 1.82) is 0 Å². The molecule has 0 unspecified atom stereocenters. The van der Waals surface area contributed by atoms with E-state index in [9.17, 15) is 4.79 Å². The first-order valence-corrected chi connectivity index (χ1v) is 7.19. The van der Waals surface area contributed by atoms with E-state index in [1.54, 1.807) is 6.20 Å². The molecule has 1 aromatic carbocycles. The third kappa shape index (κ3) is 2.46. The van der Waals surface area contributed by atoms with Crippen molar-refractivity contribution < 1.29 is 4.79 Å². The number of benzene rings is 1. The molecule has 2 aromatic rings. The van der Waals surface area contributed by atoms with Crippen LogP contribution in [-0.4, -0.2) is 24.0 Å². The van der Waals surface area contributed by atoms with Gasteiger partial charge in [-0.2, -0.15) is 0 Å². The van der Waals surface area contributed by atoms with Gasteiger partial charge in [0.1, 0.15) is 0 Å². The molecule has 2 N–H and O–H groups in total.